The summed E-state index contributed by atoms with van der Waals surface area (Å²) in [4.78, 5) is 32.4. The van der Waals surface area contributed by atoms with E-state index in [0.29, 0.717) is 30.2 Å². The van der Waals surface area contributed by atoms with E-state index in [2.05, 4.69) is 4.98 Å². The number of piperazine rings is 1. The summed E-state index contributed by atoms with van der Waals surface area (Å²) < 4.78 is 20.3. The van der Waals surface area contributed by atoms with Crippen molar-refractivity contribution in [2.24, 2.45) is 0 Å². The Kier molecular flexibility index (Phi) is 4.01. The van der Waals surface area contributed by atoms with Crippen LogP contribution in [-0.2, 0) is 4.74 Å². The minimum absolute atomic E-state index is 0.137. The molecule has 2 aliphatic rings. The molecule has 0 spiro atoms. The molecule has 28 heavy (non-hydrogen) atoms. The molecule has 2 aromatic carbocycles. The number of thiazole rings is 1. The molecule has 0 bridgehead atoms. The van der Waals surface area contributed by atoms with Gasteiger partial charge in [0.15, 0.2) is 0 Å². The molecule has 3 aromatic rings. The summed E-state index contributed by atoms with van der Waals surface area (Å²) >= 11 is 1.46. The van der Waals surface area contributed by atoms with Gasteiger partial charge in [-0.2, -0.15) is 0 Å². The van der Waals surface area contributed by atoms with Crippen LogP contribution in [0.25, 0.3) is 20.8 Å². The molecule has 2 aliphatic heterocycles. The van der Waals surface area contributed by atoms with Gasteiger partial charge in [0.2, 0.25) is 0 Å². The zero-order valence-electron chi connectivity index (χ0n) is 14.8. The minimum atomic E-state index is -0.474. The number of benzene rings is 2. The van der Waals surface area contributed by atoms with Crippen molar-refractivity contribution in [1.82, 2.24) is 14.8 Å². The standard InChI is InChI=1S/C20H16FN3O3S/c21-14-8-12(18-22-16-3-1-2-4-17(16)28-18)7-13(9-14)19(25)23-5-6-24-15(10-23)11-27-20(24)26/h1-4,7-9,15H,5-6,10-11H2. The van der Waals surface area contributed by atoms with E-state index in [0.717, 1.165) is 10.2 Å². The lowest BCUT2D eigenvalue weighted by molar-refractivity contribution is 0.0616. The minimum Gasteiger partial charge on any atom is -0.447 e. The van der Waals surface area contributed by atoms with Crippen molar-refractivity contribution < 1.29 is 18.7 Å². The molecule has 0 saturated carbocycles. The zero-order chi connectivity index (χ0) is 19.3. The molecule has 5 rings (SSSR count). The molecular weight excluding hydrogens is 381 g/mol. The number of para-hydroxylation sites is 1. The van der Waals surface area contributed by atoms with Gasteiger partial charge >= 0.3 is 6.09 Å². The van der Waals surface area contributed by atoms with Crippen molar-refractivity contribution in [3.05, 3.63) is 53.8 Å². The van der Waals surface area contributed by atoms with E-state index >= 15 is 0 Å². The van der Waals surface area contributed by atoms with Crippen LogP contribution < -0.4 is 0 Å². The van der Waals surface area contributed by atoms with E-state index in [-0.39, 0.29) is 30.2 Å². The summed E-state index contributed by atoms with van der Waals surface area (Å²) in [5.41, 5.74) is 1.72. The Morgan fingerprint density at radius 3 is 2.93 bits per heavy atom. The SMILES string of the molecule is O=C(c1cc(F)cc(-c2nc3ccccc3s2)c1)N1CCN2C(=O)OCC2C1. The molecule has 2 saturated heterocycles. The lowest BCUT2D eigenvalue weighted by Crippen LogP contribution is -2.53. The number of amides is 2. The first-order chi connectivity index (χ1) is 13.6. The van der Waals surface area contributed by atoms with Gasteiger partial charge in [-0.15, -0.1) is 11.3 Å². The number of hydrogen-bond acceptors (Lipinski definition) is 5. The second kappa shape index (κ2) is 6.56. The van der Waals surface area contributed by atoms with Crippen molar-refractivity contribution in [3.63, 3.8) is 0 Å². The zero-order valence-corrected chi connectivity index (χ0v) is 15.6. The molecule has 2 fully saturated rings. The van der Waals surface area contributed by atoms with E-state index < -0.39 is 5.82 Å². The number of rotatable bonds is 2. The first-order valence-electron chi connectivity index (χ1n) is 8.98. The summed E-state index contributed by atoms with van der Waals surface area (Å²) in [7, 11) is 0. The number of hydrogen-bond donors (Lipinski definition) is 0. The van der Waals surface area contributed by atoms with Crippen molar-refractivity contribution in [1.29, 1.82) is 0 Å². The summed E-state index contributed by atoms with van der Waals surface area (Å²) in [5.74, 6) is -0.723. The molecule has 8 heteroatoms. The van der Waals surface area contributed by atoms with Gasteiger partial charge in [-0.3, -0.25) is 9.69 Å². The van der Waals surface area contributed by atoms with Crippen LogP contribution in [-0.4, -0.2) is 59.1 Å². The largest absolute Gasteiger partial charge is 0.447 e. The monoisotopic (exact) mass is 397 g/mol. The summed E-state index contributed by atoms with van der Waals surface area (Å²) in [6.45, 7) is 1.49. The predicted molar refractivity (Wildman–Crippen MR) is 103 cm³/mol. The Hall–Kier alpha value is -3.00. The molecule has 3 heterocycles. The highest BCUT2D eigenvalue weighted by Gasteiger charge is 2.38. The number of fused-ring (bicyclic) bond motifs is 2. The van der Waals surface area contributed by atoms with E-state index in [9.17, 15) is 14.0 Å². The first kappa shape index (κ1) is 17.1. The maximum atomic E-state index is 14.3. The van der Waals surface area contributed by atoms with E-state index in [1.54, 1.807) is 15.9 Å². The Morgan fingerprint density at radius 2 is 2.07 bits per heavy atom. The highest BCUT2D eigenvalue weighted by molar-refractivity contribution is 7.21. The molecule has 1 aromatic heterocycles. The van der Waals surface area contributed by atoms with Crippen LogP contribution in [0.15, 0.2) is 42.5 Å². The van der Waals surface area contributed by atoms with Crippen molar-refractivity contribution >= 4 is 33.6 Å². The Bertz CT molecular complexity index is 1070. The van der Waals surface area contributed by atoms with Gasteiger partial charge < -0.3 is 9.64 Å². The second-order valence-electron chi connectivity index (χ2n) is 6.89. The van der Waals surface area contributed by atoms with Gasteiger partial charge in [0.25, 0.3) is 5.91 Å². The van der Waals surface area contributed by atoms with Crippen LogP contribution >= 0.6 is 11.3 Å². The van der Waals surface area contributed by atoms with Crippen molar-refractivity contribution in [3.8, 4) is 10.6 Å². The number of aromatic nitrogens is 1. The lowest BCUT2D eigenvalue weighted by atomic mass is 10.1. The van der Waals surface area contributed by atoms with Crippen LogP contribution in [0.4, 0.5) is 9.18 Å². The van der Waals surface area contributed by atoms with Crippen LogP contribution in [0, 0.1) is 5.82 Å². The van der Waals surface area contributed by atoms with Gasteiger partial charge in [-0.1, -0.05) is 12.1 Å². The summed E-state index contributed by atoms with van der Waals surface area (Å²) in [5, 5.41) is 0.675. The molecule has 0 radical (unpaired) electrons. The fraction of sp³-hybridized carbons (Fsp3) is 0.250. The third-order valence-electron chi connectivity index (χ3n) is 5.09. The quantitative estimate of drug-likeness (QED) is 0.665. The number of cyclic esters (lactones) is 1. The molecule has 0 N–H and O–H groups in total. The van der Waals surface area contributed by atoms with Gasteiger partial charge in [0, 0.05) is 30.8 Å². The normalized spacial score (nSPS) is 19.0. The van der Waals surface area contributed by atoms with Crippen LogP contribution in [0.3, 0.4) is 0 Å². The molecule has 1 unspecified atom stereocenters. The maximum absolute atomic E-state index is 14.3. The summed E-state index contributed by atoms with van der Waals surface area (Å²) in [6, 6.07) is 11.9. The third-order valence-corrected chi connectivity index (χ3v) is 6.17. The second-order valence-corrected chi connectivity index (χ2v) is 7.92. The fourth-order valence-electron chi connectivity index (χ4n) is 3.69. The Labute approximate surface area is 164 Å². The van der Waals surface area contributed by atoms with E-state index in [1.807, 2.05) is 24.3 Å². The average molecular weight is 397 g/mol. The number of carbonyl (C=O) groups is 2. The van der Waals surface area contributed by atoms with Crippen LogP contribution in [0.2, 0.25) is 0 Å². The number of ether oxygens (including phenoxy) is 1. The van der Waals surface area contributed by atoms with E-state index in [1.165, 1.54) is 23.5 Å². The molecule has 1 atom stereocenters. The van der Waals surface area contributed by atoms with Gasteiger partial charge in [-0.05, 0) is 30.3 Å². The summed E-state index contributed by atoms with van der Waals surface area (Å²) in [6.07, 6.45) is -0.332. The Balaban J connectivity index is 1.44. The first-order valence-corrected chi connectivity index (χ1v) is 9.79. The smallest absolute Gasteiger partial charge is 0.410 e. The van der Waals surface area contributed by atoms with Crippen LogP contribution in [0.5, 0.6) is 0 Å². The topological polar surface area (TPSA) is 62.7 Å². The molecule has 2 amide bonds. The molecule has 142 valence electrons. The molecule has 6 nitrogen and oxygen atoms in total. The van der Waals surface area contributed by atoms with Crippen molar-refractivity contribution in [2.45, 2.75) is 6.04 Å². The Morgan fingerprint density at radius 1 is 1.21 bits per heavy atom. The third kappa shape index (κ3) is 2.90. The molecule has 0 aliphatic carbocycles. The maximum Gasteiger partial charge on any atom is 0.410 e. The number of halogens is 1. The van der Waals surface area contributed by atoms with Gasteiger partial charge in [0.1, 0.15) is 17.4 Å². The van der Waals surface area contributed by atoms with Gasteiger partial charge in [-0.25, -0.2) is 14.2 Å². The average Bonchev–Trinajstić information content (AvgIpc) is 3.30. The number of nitrogens with zero attached hydrogens (tertiary/aromatic N) is 3. The lowest BCUT2D eigenvalue weighted by Gasteiger charge is -2.35. The molecular formula is C20H16FN3O3S. The predicted octanol–water partition coefficient (Wildman–Crippen LogP) is 3.38. The highest BCUT2D eigenvalue weighted by Crippen LogP contribution is 2.31. The number of carbonyl (C=O) groups excluding carboxylic acids is 2. The van der Waals surface area contributed by atoms with Crippen molar-refractivity contribution in [2.75, 3.05) is 26.2 Å². The highest BCUT2D eigenvalue weighted by atomic mass is 32.1. The van der Waals surface area contributed by atoms with Crippen LogP contribution in [0.1, 0.15) is 10.4 Å². The van der Waals surface area contributed by atoms with Gasteiger partial charge in [0.05, 0.1) is 16.3 Å². The fourth-order valence-corrected chi connectivity index (χ4v) is 4.64. The van der Waals surface area contributed by atoms with E-state index in [4.69, 9.17) is 4.74 Å².